The molecule has 0 saturated heterocycles. The van der Waals surface area contributed by atoms with Crippen molar-refractivity contribution in [1.82, 2.24) is 0 Å². The van der Waals surface area contributed by atoms with Crippen LogP contribution in [0.15, 0.2) is 54.6 Å². The van der Waals surface area contributed by atoms with Crippen LogP contribution >= 0.6 is 0 Å². The Labute approximate surface area is 173 Å². The van der Waals surface area contributed by atoms with E-state index in [2.05, 4.69) is 0 Å². The number of ether oxygens (including phenoxy) is 3. The third-order valence-corrected chi connectivity index (χ3v) is 3.76. The number of aliphatic hydroxyl groups excluding tert-OH is 1. The molecule has 0 heterocycles. The van der Waals surface area contributed by atoms with Crippen LogP contribution in [0, 0.1) is 0 Å². The molecule has 0 aliphatic heterocycles. The summed E-state index contributed by atoms with van der Waals surface area (Å²) in [7, 11) is 1.41. The molecule has 8 heteroatoms. The van der Waals surface area contributed by atoms with Crippen LogP contribution in [0.4, 0.5) is 0 Å². The molecule has 0 spiro atoms. The van der Waals surface area contributed by atoms with Crippen molar-refractivity contribution in [2.24, 2.45) is 0 Å². The Kier molecular flexibility index (Phi) is 8.46. The van der Waals surface area contributed by atoms with E-state index in [0.29, 0.717) is 11.1 Å². The molecule has 0 aliphatic carbocycles. The van der Waals surface area contributed by atoms with E-state index in [4.69, 9.17) is 14.2 Å². The summed E-state index contributed by atoms with van der Waals surface area (Å²) in [6.07, 6.45) is 4.12. The van der Waals surface area contributed by atoms with Gasteiger partial charge < -0.3 is 29.5 Å². The molecule has 0 fully saturated rings. The molecule has 0 aromatic heterocycles. The normalized spacial score (nSPS) is 12.1. The van der Waals surface area contributed by atoms with Crippen LogP contribution in [-0.4, -0.2) is 53.7 Å². The summed E-state index contributed by atoms with van der Waals surface area (Å²) in [5.41, 5.74) is 1.30. The van der Waals surface area contributed by atoms with Crippen LogP contribution in [0.3, 0.4) is 0 Å². The number of hydrogen-bond donors (Lipinski definition) is 3. The van der Waals surface area contributed by atoms with E-state index in [9.17, 15) is 24.9 Å². The largest absolute Gasteiger partial charge is 0.508 e. The van der Waals surface area contributed by atoms with Crippen molar-refractivity contribution in [3.8, 4) is 17.2 Å². The smallest absolute Gasteiger partial charge is 0.330 e. The van der Waals surface area contributed by atoms with Gasteiger partial charge in [-0.1, -0.05) is 18.2 Å². The number of aliphatic hydroxyl groups is 1. The van der Waals surface area contributed by atoms with Crippen LogP contribution in [0.1, 0.15) is 11.1 Å². The lowest BCUT2D eigenvalue weighted by molar-refractivity contribution is -0.146. The summed E-state index contributed by atoms with van der Waals surface area (Å²) in [5, 5.41) is 28.5. The van der Waals surface area contributed by atoms with Gasteiger partial charge in [-0.25, -0.2) is 9.59 Å². The second-order valence-electron chi connectivity index (χ2n) is 6.10. The van der Waals surface area contributed by atoms with E-state index >= 15 is 0 Å². The zero-order chi connectivity index (χ0) is 21.9. The Morgan fingerprint density at radius 2 is 1.43 bits per heavy atom. The van der Waals surface area contributed by atoms with Crippen molar-refractivity contribution < 1.29 is 39.1 Å². The van der Waals surface area contributed by atoms with Gasteiger partial charge in [0.25, 0.3) is 0 Å². The second-order valence-corrected chi connectivity index (χ2v) is 6.10. The van der Waals surface area contributed by atoms with Crippen LogP contribution in [0.2, 0.25) is 0 Å². The lowest BCUT2D eigenvalue weighted by Gasteiger charge is -2.10. The van der Waals surface area contributed by atoms with Crippen LogP contribution < -0.4 is 4.74 Å². The van der Waals surface area contributed by atoms with Gasteiger partial charge in [-0.3, -0.25) is 0 Å². The van der Waals surface area contributed by atoms with Crippen LogP contribution in [0.5, 0.6) is 17.2 Å². The minimum atomic E-state index is -1.18. The van der Waals surface area contributed by atoms with E-state index in [1.807, 2.05) is 0 Å². The van der Waals surface area contributed by atoms with Crippen LogP contribution in [-0.2, 0) is 19.1 Å². The Morgan fingerprint density at radius 3 is 2.00 bits per heavy atom. The molecule has 2 aromatic carbocycles. The highest BCUT2D eigenvalue weighted by Gasteiger charge is 2.10. The minimum absolute atomic E-state index is 0.0205. The Bertz CT molecular complexity index is 915. The quantitative estimate of drug-likeness (QED) is 0.422. The minimum Gasteiger partial charge on any atom is -0.508 e. The molecule has 0 bridgehead atoms. The number of rotatable bonds is 9. The third kappa shape index (κ3) is 7.69. The maximum absolute atomic E-state index is 11.7. The number of carbonyl (C=O) groups is 2. The maximum Gasteiger partial charge on any atom is 0.330 e. The van der Waals surface area contributed by atoms with Crippen molar-refractivity contribution in [3.05, 3.63) is 65.7 Å². The van der Waals surface area contributed by atoms with Gasteiger partial charge in [0.15, 0.2) is 11.5 Å². The molecular weight excluding hydrogens is 392 g/mol. The molecular formula is C22H22O8. The third-order valence-electron chi connectivity index (χ3n) is 3.76. The van der Waals surface area contributed by atoms with Crippen LogP contribution in [0.25, 0.3) is 12.2 Å². The van der Waals surface area contributed by atoms with E-state index < -0.39 is 18.0 Å². The number of esters is 2. The van der Waals surface area contributed by atoms with E-state index in [1.165, 1.54) is 43.5 Å². The van der Waals surface area contributed by atoms with Gasteiger partial charge in [0.05, 0.1) is 7.11 Å². The van der Waals surface area contributed by atoms with E-state index in [0.717, 1.165) is 6.08 Å². The molecule has 0 aliphatic rings. The highest BCUT2D eigenvalue weighted by atomic mass is 16.6. The average Bonchev–Trinajstić information content (AvgIpc) is 2.75. The topological polar surface area (TPSA) is 123 Å². The molecule has 0 amide bonds. The summed E-state index contributed by atoms with van der Waals surface area (Å²) >= 11 is 0. The summed E-state index contributed by atoms with van der Waals surface area (Å²) in [6.45, 7) is -0.693. The van der Waals surface area contributed by atoms with Crippen molar-refractivity contribution >= 4 is 24.1 Å². The monoisotopic (exact) mass is 414 g/mol. The number of hydrogen-bond acceptors (Lipinski definition) is 8. The number of benzene rings is 2. The molecule has 0 unspecified atom stereocenters. The highest BCUT2D eigenvalue weighted by Crippen LogP contribution is 2.26. The van der Waals surface area contributed by atoms with Gasteiger partial charge in [-0.15, -0.1) is 0 Å². The highest BCUT2D eigenvalue weighted by molar-refractivity contribution is 5.87. The lowest BCUT2D eigenvalue weighted by atomic mass is 10.2. The predicted molar refractivity (Wildman–Crippen MR) is 109 cm³/mol. The summed E-state index contributed by atoms with van der Waals surface area (Å²) in [6, 6.07) is 10.8. The molecule has 0 saturated carbocycles. The fraction of sp³-hybridized carbons (Fsp3) is 0.182. The van der Waals surface area contributed by atoms with Crippen molar-refractivity contribution in [2.75, 3.05) is 20.3 Å². The first kappa shape index (κ1) is 22.5. The molecule has 158 valence electrons. The summed E-state index contributed by atoms with van der Waals surface area (Å²) in [4.78, 5) is 23.4. The number of phenolic OH excluding ortho intramolecular Hbond substituents is 2. The fourth-order valence-electron chi connectivity index (χ4n) is 2.21. The summed E-state index contributed by atoms with van der Waals surface area (Å²) < 4.78 is 14.7. The first-order valence-electron chi connectivity index (χ1n) is 8.91. The molecule has 8 nitrogen and oxygen atoms in total. The van der Waals surface area contributed by atoms with Gasteiger partial charge in [-0.2, -0.15) is 0 Å². The molecule has 2 aromatic rings. The van der Waals surface area contributed by atoms with Gasteiger partial charge >= 0.3 is 11.9 Å². The number of aromatic hydroxyl groups is 2. The maximum atomic E-state index is 11.7. The standard InChI is InChI=1S/C22H22O8/c1-28-20-12-16(4-9-19(20)25)6-11-22(27)30-14-18(24)13-29-21(26)10-5-15-2-7-17(23)8-3-15/h2-12,18,23-25H,13-14H2,1H3/b10-5+,11-6+/t18-/m1/s1. The van der Waals surface area contributed by atoms with Crippen molar-refractivity contribution in [3.63, 3.8) is 0 Å². The Balaban J connectivity index is 1.71. The van der Waals surface area contributed by atoms with Crippen molar-refractivity contribution in [1.29, 1.82) is 0 Å². The molecule has 0 radical (unpaired) electrons. The van der Waals surface area contributed by atoms with Gasteiger partial charge in [-0.05, 0) is 47.5 Å². The lowest BCUT2D eigenvalue weighted by Crippen LogP contribution is -2.24. The van der Waals surface area contributed by atoms with E-state index in [-0.39, 0.29) is 30.5 Å². The predicted octanol–water partition coefficient (Wildman–Crippen LogP) is 2.28. The summed E-state index contributed by atoms with van der Waals surface area (Å²) in [5.74, 6) is -1.01. The molecule has 30 heavy (non-hydrogen) atoms. The number of carbonyl (C=O) groups excluding carboxylic acids is 2. The number of methoxy groups -OCH3 is 1. The first-order valence-corrected chi connectivity index (χ1v) is 8.91. The van der Waals surface area contributed by atoms with Gasteiger partial charge in [0, 0.05) is 12.2 Å². The Hall–Kier alpha value is -3.78. The SMILES string of the molecule is COc1cc(/C=C/C(=O)OC[C@H](O)COC(=O)/C=C/c2ccc(O)cc2)ccc1O. The van der Waals surface area contributed by atoms with Gasteiger partial charge in [0.2, 0.25) is 0 Å². The zero-order valence-corrected chi connectivity index (χ0v) is 16.2. The molecule has 3 N–H and O–H groups in total. The van der Waals surface area contributed by atoms with Gasteiger partial charge in [0.1, 0.15) is 25.1 Å². The Morgan fingerprint density at radius 1 is 0.900 bits per heavy atom. The molecule has 2 rings (SSSR count). The average molecular weight is 414 g/mol. The first-order chi connectivity index (χ1) is 14.4. The second kappa shape index (κ2) is 11.3. The van der Waals surface area contributed by atoms with E-state index in [1.54, 1.807) is 24.3 Å². The van der Waals surface area contributed by atoms with Crippen molar-refractivity contribution in [2.45, 2.75) is 6.10 Å². The molecule has 1 atom stereocenters. The fourth-order valence-corrected chi connectivity index (χ4v) is 2.21. The number of phenols is 2. The zero-order valence-electron chi connectivity index (χ0n) is 16.2.